The molecule has 0 atom stereocenters. The van der Waals surface area contributed by atoms with Crippen LogP contribution < -0.4 is 5.56 Å². The van der Waals surface area contributed by atoms with Crippen molar-refractivity contribution in [2.45, 2.75) is 19.4 Å². The van der Waals surface area contributed by atoms with Crippen molar-refractivity contribution in [3.8, 4) is 0 Å². The summed E-state index contributed by atoms with van der Waals surface area (Å²) in [5.41, 5.74) is -0.802. The number of carbonyl (C=O) groups is 1. The lowest BCUT2D eigenvalue weighted by atomic mass is 10.1. The molecule has 2 N–H and O–H groups in total. The minimum Gasteiger partial charge on any atom is -0.389 e. The molecule has 20 heavy (non-hydrogen) atoms. The van der Waals surface area contributed by atoms with Gasteiger partial charge < -0.3 is 15.0 Å². The van der Waals surface area contributed by atoms with Crippen LogP contribution in [-0.2, 0) is 0 Å². The first-order valence-corrected chi connectivity index (χ1v) is 6.64. The molecule has 1 saturated heterocycles. The number of hydrogen-bond acceptors (Lipinski definition) is 5. The Kier molecular flexibility index (Phi) is 4.20. The fraction of sp³-hybridized carbons (Fsp3) is 0.615. The van der Waals surface area contributed by atoms with E-state index in [4.69, 9.17) is 0 Å². The highest BCUT2D eigenvalue weighted by Crippen LogP contribution is 2.10. The molecule has 0 unspecified atom stereocenters. The molecule has 0 radical (unpaired) electrons. The van der Waals surface area contributed by atoms with Crippen molar-refractivity contribution in [3.63, 3.8) is 0 Å². The van der Waals surface area contributed by atoms with E-state index >= 15 is 0 Å². The van der Waals surface area contributed by atoms with Crippen molar-refractivity contribution >= 4 is 5.91 Å². The quantitative estimate of drug-likeness (QED) is 0.764. The summed E-state index contributed by atoms with van der Waals surface area (Å²) in [7, 11) is 0. The normalized spacial score (nSPS) is 17.2. The molecule has 2 rings (SSSR count). The summed E-state index contributed by atoms with van der Waals surface area (Å²) in [6.45, 7) is 6.76. The molecule has 2 heterocycles. The first-order valence-electron chi connectivity index (χ1n) is 6.64. The van der Waals surface area contributed by atoms with Gasteiger partial charge in [-0.05, 0) is 13.8 Å². The number of piperazine rings is 1. The Labute approximate surface area is 117 Å². The molecule has 7 heteroatoms. The lowest BCUT2D eigenvalue weighted by molar-refractivity contribution is 0.0177. The smallest absolute Gasteiger partial charge is 0.274 e. The van der Waals surface area contributed by atoms with E-state index in [0.29, 0.717) is 19.6 Å². The van der Waals surface area contributed by atoms with Crippen LogP contribution in [0.15, 0.2) is 17.2 Å². The Bertz CT molecular complexity index is 507. The van der Waals surface area contributed by atoms with Gasteiger partial charge in [-0.25, -0.2) is 4.98 Å². The predicted molar refractivity (Wildman–Crippen MR) is 73.5 cm³/mol. The summed E-state index contributed by atoms with van der Waals surface area (Å²) in [6.07, 6.45) is 2.45. The molecule has 1 aliphatic rings. The Hall–Kier alpha value is -1.73. The van der Waals surface area contributed by atoms with E-state index in [1.54, 1.807) is 18.7 Å². The first-order chi connectivity index (χ1) is 9.35. The number of H-pyrrole nitrogens is 1. The third-order valence-corrected chi connectivity index (χ3v) is 3.16. The number of aromatic amines is 1. The molecular weight excluding hydrogens is 260 g/mol. The lowest BCUT2D eigenvalue weighted by Gasteiger charge is -2.37. The van der Waals surface area contributed by atoms with Gasteiger partial charge in [-0.1, -0.05) is 0 Å². The lowest BCUT2D eigenvalue weighted by Crippen LogP contribution is -2.52. The molecule has 1 amide bonds. The Morgan fingerprint density at radius 3 is 2.55 bits per heavy atom. The minimum atomic E-state index is -0.730. The third-order valence-electron chi connectivity index (χ3n) is 3.16. The van der Waals surface area contributed by atoms with Crippen molar-refractivity contribution < 1.29 is 9.90 Å². The molecular formula is C13H20N4O3. The highest BCUT2D eigenvalue weighted by molar-refractivity contribution is 5.92. The predicted octanol–water partition coefficient (Wildman–Crippen LogP) is -0.701. The largest absolute Gasteiger partial charge is 0.389 e. The first kappa shape index (κ1) is 14.7. The maximum atomic E-state index is 12.2. The van der Waals surface area contributed by atoms with E-state index < -0.39 is 5.60 Å². The second-order valence-electron chi connectivity index (χ2n) is 5.68. The number of nitrogens with zero attached hydrogens (tertiary/aromatic N) is 3. The van der Waals surface area contributed by atoms with Gasteiger partial charge in [0, 0.05) is 38.9 Å². The van der Waals surface area contributed by atoms with Crippen LogP contribution in [0.5, 0.6) is 0 Å². The zero-order valence-electron chi connectivity index (χ0n) is 11.8. The van der Waals surface area contributed by atoms with Crippen LogP contribution in [0.2, 0.25) is 0 Å². The summed E-state index contributed by atoms with van der Waals surface area (Å²) in [6, 6.07) is 0. The van der Waals surface area contributed by atoms with Crippen LogP contribution in [0.4, 0.5) is 0 Å². The zero-order valence-corrected chi connectivity index (χ0v) is 11.8. The van der Waals surface area contributed by atoms with Gasteiger partial charge in [0.2, 0.25) is 0 Å². The van der Waals surface area contributed by atoms with Gasteiger partial charge in [-0.3, -0.25) is 14.5 Å². The van der Waals surface area contributed by atoms with Gasteiger partial charge in [0.1, 0.15) is 5.69 Å². The van der Waals surface area contributed by atoms with Gasteiger partial charge in [0.25, 0.3) is 11.5 Å². The Balaban J connectivity index is 1.92. The van der Waals surface area contributed by atoms with Crippen molar-refractivity contribution in [2.24, 2.45) is 0 Å². The van der Waals surface area contributed by atoms with Gasteiger partial charge in [0.05, 0.1) is 11.8 Å². The third kappa shape index (κ3) is 3.88. The van der Waals surface area contributed by atoms with Crippen molar-refractivity contribution in [2.75, 3.05) is 32.7 Å². The fourth-order valence-electron chi connectivity index (χ4n) is 2.28. The molecule has 0 aromatic carbocycles. The van der Waals surface area contributed by atoms with Crippen molar-refractivity contribution in [1.29, 1.82) is 0 Å². The summed E-state index contributed by atoms with van der Waals surface area (Å²) in [4.78, 5) is 33.2. The number of rotatable bonds is 3. The Morgan fingerprint density at radius 1 is 1.40 bits per heavy atom. The highest BCUT2D eigenvalue weighted by atomic mass is 16.3. The van der Waals surface area contributed by atoms with Crippen LogP contribution in [-0.4, -0.2) is 69.1 Å². The molecule has 0 spiro atoms. The zero-order chi connectivity index (χ0) is 14.8. The molecule has 1 aromatic rings. The summed E-state index contributed by atoms with van der Waals surface area (Å²) < 4.78 is 0. The molecule has 0 bridgehead atoms. The topological polar surface area (TPSA) is 89.5 Å². The molecule has 0 saturated carbocycles. The molecule has 110 valence electrons. The molecule has 1 aromatic heterocycles. The summed E-state index contributed by atoms with van der Waals surface area (Å²) in [5.74, 6) is -0.177. The number of aromatic nitrogens is 2. The van der Waals surface area contributed by atoms with Crippen molar-refractivity contribution in [3.05, 3.63) is 28.4 Å². The highest BCUT2D eigenvalue weighted by Gasteiger charge is 2.25. The van der Waals surface area contributed by atoms with E-state index in [-0.39, 0.29) is 17.2 Å². The number of nitrogens with one attached hydrogen (secondary N) is 1. The van der Waals surface area contributed by atoms with Crippen LogP contribution in [0.1, 0.15) is 24.3 Å². The molecule has 7 nitrogen and oxygen atoms in total. The SMILES string of the molecule is CC(C)(O)CN1CCN(C(=O)c2c[nH]c(=O)cn2)CC1. The van der Waals surface area contributed by atoms with Crippen LogP contribution in [0.3, 0.4) is 0 Å². The monoisotopic (exact) mass is 280 g/mol. The fourth-order valence-corrected chi connectivity index (χ4v) is 2.28. The van der Waals surface area contributed by atoms with Crippen molar-refractivity contribution in [1.82, 2.24) is 19.8 Å². The summed E-state index contributed by atoms with van der Waals surface area (Å²) >= 11 is 0. The standard InChI is InChI=1S/C13H20N4O3/c1-13(2,20)9-16-3-5-17(6-4-16)12(19)10-7-15-11(18)8-14-10/h7-8,20H,3-6,9H2,1-2H3,(H,15,18). The molecule has 0 aliphatic carbocycles. The minimum absolute atomic E-state index is 0.177. The summed E-state index contributed by atoms with van der Waals surface area (Å²) in [5, 5.41) is 9.78. The van der Waals surface area contributed by atoms with Crippen LogP contribution >= 0.6 is 0 Å². The number of carbonyl (C=O) groups excluding carboxylic acids is 1. The second-order valence-corrected chi connectivity index (χ2v) is 5.68. The maximum absolute atomic E-state index is 12.2. The maximum Gasteiger partial charge on any atom is 0.274 e. The Morgan fingerprint density at radius 2 is 2.05 bits per heavy atom. The van der Waals surface area contributed by atoms with E-state index in [1.165, 1.54) is 6.20 Å². The number of hydrogen-bond donors (Lipinski definition) is 2. The van der Waals surface area contributed by atoms with E-state index in [1.807, 2.05) is 0 Å². The average molecular weight is 280 g/mol. The van der Waals surface area contributed by atoms with E-state index in [9.17, 15) is 14.7 Å². The van der Waals surface area contributed by atoms with E-state index in [2.05, 4.69) is 14.9 Å². The second kappa shape index (κ2) is 5.72. The molecule has 1 fully saturated rings. The van der Waals surface area contributed by atoms with Crippen LogP contribution in [0, 0.1) is 0 Å². The van der Waals surface area contributed by atoms with Gasteiger partial charge in [-0.15, -0.1) is 0 Å². The van der Waals surface area contributed by atoms with E-state index in [0.717, 1.165) is 19.3 Å². The van der Waals surface area contributed by atoms with Gasteiger partial charge in [-0.2, -0.15) is 0 Å². The number of β-amino-alcohol motifs (C(OH)–C–C–N with tert-alkyl or cyclic N) is 1. The molecule has 1 aliphatic heterocycles. The average Bonchev–Trinajstić information content (AvgIpc) is 2.38. The van der Waals surface area contributed by atoms with Crippen LogP contribution in [0.25, 0.3) is 0 Å². The van der Waals surface area contributed by atoms with Gasteiger partial charge >= 0.3 is 0 Å². The van der Waals surface area contributed by atoms with Gasteiger partial charge in [0.15, 0.2) is 0 Å². The number of aliphatic hydroxyl groups is 1. The number of amides is 1.